The summed E-state index contributed by atoms with van der Waals surface area (Å²) in [5.41, 5.74) is 0. The van der Waals surface area contributed by atoms with Crippen molar-refractivity contribution in [3.8, 4) is 0 Å². The minimum atomic E-state index is -0.126. The van der Waals surface area contributed by atoms with Crippen molar-refractivity contribution in [1.29, 1.82) is 0 Å². The predicted molar refractivity (Wildman–Crippen MR) is 65.5 cm³/mol. The van der Waals surface area contributed by atoms with E-state index in [0.29, 0.717) is 5.92 Å². The molecule has 4 heteroatoms. The van der Waals surface area contributed by atoms with Crippen LogP contribution < -0.4 is 5.32 Å². The number of hydrogen-bond donors (Lipinski definition) is 1. The van der Waals surface area contributed by atoms with Crippen molar-refractivity contribution in [2.45, 2.75) is 26.1 Å². The number of ether oxygens (including phenoxy) is 2. The molecule has 1 aliphatic heterocycles. The Morgan fingerprint density at radius 3 is 2.31 bits per heavy atom. The van der Waals surface area contributed by atoms with E-state index in [-0.39, 0.29) is 6.29 Å². The van der Waals surface area contributed by atoms with E-state index in [9.17, 15) is 0 Å². The van der Waals surface area contributed by atoms with Gasteiger partial charge in [0.05, 0.1) is 0 Å². The molecule has 1 aliphatic rings. The fraction of sp³-hybridized carbons (Fsp3) is 1.00. The smallest absolute Gasteiger partial charge is 0.169 e. The lowest BCUT2D eigenvalue weighted by Crippen LogP contribution is -2.36. The van der Waals surface area contributed by atoms with Gasteiger partial charge < -0.3 is 19.7 Å². The van der Waals surface area contributed by atoms with Gasteiger partial charge in [0, 0.05) is 27.3 Å². The molecule has 1 rings (SSSR count). The summed E-state index contributed by atoms with van der Waals surface area (Å²) in [6.07, 6.45) is 2.62. The zero-order valence-electron chi connectivity index (χ0n) is 10.9. The molecule has 0 aliphatic carbocycles. The Labute approximate surface area is 99.3 Å². The van der Waals surface area contributed by atoms with E-state index in [0.717, 1.165) is 13.1 Å². The lowest BCUT2D eigenvalue weighted by molar-refractivity contribution is -0.0989. The standard InChI is InChI=1S/C12H26N2O2/c1-11(10-14-6-4-5-7-14)8-13-9-12(15-2)16-3/h11-13H,4-10H2,1-3H3. The summed E-state index contributed by atoms with van der Waals surface area (Å²) in [6, 6.07) is 0. The van der Waals surface area contributed by atoms with Crippen LogP contribution in [0.1, 0.15) is 19.8 Å². The molecule has 0 bridgehead atoms. The summed E-state index contributed by atoms with van der Waals surface area (Å²) in [7, 11) is 3.34. The topological polar surface area (TPSA) is 33.7 Å². The Morgan fingerprint density at radius 2 is 1.75 bits per heavy atom. The third kappa shape index (κ3) is 5.25. The van der Waals surface area contributed by atoms with Crippen molar-refractivity contribution in [2.24, 2.45) is 5.92 Å². The van der Waals surface area contributed by atoms with Gasteiger partial charge in [-0.15, -0.1) is 0 Å². The van der Waals surface area contributed by atoms with E-state index < -0.39 is 0 Å². The molecule has 96 valence electrons. The maximum Gasteiger partial charge on any atom is 0.169 e. The van der Waals surface area contributed by atoms with E-state index in [1.165, 1.54) is 32.5 Å². The molecular weight excluding hydrogens is 204 g/mol. The maximum absolute atomic E-state index is 5.12. The minimum Gasteiger partial charge on any atom is -0.355 e. The van der Waals surface area contributed by atoms with Crippen molar-refractivity contribution < 1.29 is 9.47 Å². The van der Waals surface area contributed by atoms with Gasteiger partial charge in [0.2, 0.25) is 0 Å². The van der Waals surface area contributed by atoms with Crippen LogP contribution >= 0.6 is 0 Å². The van der Waals surface area contributed by atoms with Crippen LogP contribution in [-0.4, -0.2) is 58.1 Å². The second kappa shape index (κ2) is 8.01. The molecule has 0 aromatic heterocycles. The number of nitrogens with one attached hydrogen (secondary N) is 1. The lowest BCUT2D eigenvalue weighted by Gasteiger charge is -2.21. The van der Waals surface area contributed by atoms with Crippen LogP contribution in [0, 0.1) is 5.92 Å². The number of rotatable bonds is 8. The summed E-state index contributed by atoms with van der Waals surface area (Å²) in [5, 5.41) is 3.38. The van der Waals surface area contributed by atoms with Gasteiger partial charge in [0.15, 0.2) is 6.29 Å². The highest BCUT2D eigenvalue weighted by Gasteiger charge is 2.14. The molecule has 1 atom stereocenters. The van der Waals surface area contributed by atoms with Gasteiger partial charge in [-0.2, -0.15) is 0 Å². The van der Waals surface area contributed by atoms with E-state index >= 15 is 0 Å². The average Bonchev–Trinajstić information content (AvgIpc) is 2.77. The van der Waals surface area contributed by atoms with Crippen molar-refractivity contribution >= 4 is 0 Å². The number of methoxy groups -OCH3 is 2. The fourth-order valence-corrected chi connectivity index (χ4v) is 2.18. The molecule has 4 nitrogen and oxygen atoms in total. The van der Waals surface area contributed by atoms with E-state index in [1.54, 1.807) is 14.2 Å². The summed E-state index contributed by atoms with van der Waals surface area (Å²) in [4.78, 5) is 2.55. The second-order valence-electron chi connectivity index (χ2n) is 4.67. The summed E-state index contributed by atoms with van der Waals surface area (Å²) in [5.74, 6) is 0.687. The maximum atomic E-state index is 5.12. The van der Waals surface area contributed by atoms with Crippen LogP contribution in [0.2, 0.25) is 0 Å². The first kappa shape index (κ1) is 13.9. The highest BCUT2D eigenvalue weighted by Crippen LogP contribution is 2.09. The molecule has 0 amide bonds. The van der Waals surface area contributed by atoms with Crippen molar-refractivity contribution in [3.63, 3.8) is 0 Å². The number of nitrogens with zero attached hydrogens (tertiary/aromatic N) is 1. The van der Waals surface area contributed by atoms with Gasteiger partial charge in [-0.25, -0.2) is 0 Å². The molecule has 0 aromatic rings. The molecule has 0 radical (unpaired) electrons. The molecule has 0 aromatic carbocycles. The summed E-state index contributed by atoms with van der Waals surface area (Å²) in [6.45, 7) is 7.85. The molecule has 16 heavy (non-hydrogen) atoms. The number of hydrogen-bond acceptors (Lipinski definition) is 4. The first-order valence-corrected chi connectivity index (χ1v) is 6.25. The third-order valence-corrected chi connectivity index (χ3v) is 3.10. The minimum absolute atomic E-state index is 0.126. The largest absolute Gasteiger partial charge is 0.355 e. The van der Waals surface area contributed by atoms with Crippen molar-refractivity contribution in [3.05, 3.63) is 0 Å². The molecule has 1 heterocycles. The summed E-state index contributed by atoms with van der Waals surface area (Å²) < 4.78 is 10.2. The van der Waals surface area contributed by atoms with Crippen molar-refractivity contribution in [2.75, 3.05) is 46.9 Å². The highest BCUT2D eigenvalue weighted by molar-refractivity contribution is 4.70. The first-order valence-electron chi connectivity index (χ1n) is 6.25. The van der Waals surface area contributed by atoms with Crippen LogP contribution in [0.4, 0.5) is 0 Å². The summed E-state index contributed by atoms with van der Waals surface area (Å²) >= 11 is 0. The first-order chi connectivity index (χ1) is 7.76. The quantitative estimate of drug-likeness (QED) is 0.629. The Kier molecular flexibility index (Phi) is 6.96. The fourth-order valence-electron chi connectivity index (χ4n) is 2.18. The lowest BCUT2D eigenvalue weighted by atomic mass is 10.1. The molecule has 0 saturated carbocycles. The zero-order valence-corrected chi connectivity index (χ0v) is 10.9. The van der Waals surface area contributed by atoms with Crippen LogP contribution in [-0.2, 0) is 9.47 Å². The van der Waals surface area contributed by atoms with Gasteiger partial charge in [-0.1, -0.05) is 6.92 Å². The number of likely N-dealkylation sites (tertiary alicyclic amines) is 1. The van der Waals surface area contributed by atoms with Gasteiger partial charge in [0.25, 0.3) is 0 Å². The normalized spacial score (nSPS) is 19.5. The second-order valence-corrected chi connectivity index (χ2v) is 4.67. The van der Waals surface area contributed by atoms with Crippen LogP contribution in [0.5, 0.6) is 0 Å². The van der Waals surface area contributed by atoms with Crippen LogP contribution in [0.3, 0.4) is 0 Å². The van der Waals surface area contributed by atoms with Crippen LogP contribution in [0.15, 0.2) is 0 Å². The molecule has 1 fully saturated rings. The Morgan fingerprint density at radius 1 is 1.12 bits per heavy atom. The SMILES string of the molecule is COC(CNCC(C)CN1CCCC1)OC. The Balaban J connectivity index is 2.02. The Bertz CT molecular complexity index is 168. The zero-order chi connectivity index (χ0) is 11.8. The predicted octanol–water partition coefficient (Wildman–Crippen LogP) is 0.927. The molecular formula is C12H26N2O2. The molecule has 0 spiro atoms. The van der Waals surface area contributed by atoms with Gasteiger partial charge >= 0.3 is 0 Å². The van der Waals surface area contributed by atoms with Gasteiger partial charge in [-0.3, -0.25) is 0 Å². The third-order valence-electron chi connectivity index (χ3n) is 3.10. The monoisotopic (exact) mass is 230 g/mol. The molecule has 1 unspecified atom stereocenters. The Hall–Kier alpha value is -0.160. The van der Waals surface area contributed by atoms with Gasteiger partial charge in [0.1, 0.15) is 0 Å². The van der Waals surface area contributed by atoms with Crippen LogP contribution in [0.25, 0.3) is 0 Å². The molecule has 1 saturated heterocycles. The van der Waals surface area contributed by atoms with E-state index in [2.05, 4.69) is 17.1 Å². The van der Waals surface area contributed by atoms with Crippen molar-refractivity contribution in [1.82, 2.24) is 10.2 Å². The van der Waals surface area contributed by atoms with Gasteiger partial charge in [-0.05, 0) is 38.4 Å². The average molecular weight is 230 g/mol. The van der Waals surface area contributed by atoms with E-state index in [4.69, 9.17) is 9.47 Å². The molecule has 1 N–H and O–H groups in total. The highest BCUT2D eigenvalue weighted by atomic mass is 16.7. The van der Waals surface area contributed by atoms with E-state index in [1.807, 2.05) is 0 Å².